The highest BCUT2D eigenvalue weighted by Crippen LogP contribution is 2.18. The fourth-order valence-electron chi connectivity index (χ4n) is 0.993. The van der Waals surface area contributed by atoms with Crippen molar-refractivity contribution in [1.29, 1.82) is 0 Å². The summed E-state index contributed by atoms with van der Waals surface area (Å²) in [4.78, 5) is 10.8. The highest BCUT2D eigenvalue weighted by Gasteiger charge is 1.97. The SMILES string of the molecule is COC(=O)/C=C/c1ccc(C)cc1Cl. The van der Waals surface area contributed by atoms with Gasteiger partial charge in [-0.15, -0.1) is 0 Å². The number of esters is 1. The monoisotopic (exact) mass is 210 g/mol. The van der Waals surface area contributed by atoms with Gasteiger partial charge in [-0.1, -0.05) is 23.7 Å². The number of hydrogen-bond donors (Lipinski definition) is 0. The van der Waals surface area contributed by atoms with Crippen molar-refractivity contribution in [2.45, 2.75) is 6.92 Å². The zero-order valence-corrected chi connectivity index (χ0v) is 8.84. The molecule has 0 saturated carbocycles. The Bertz CT molecular complexity index is 370. The third-order valence-electron chi connectivity index (χ3n) is 1.76. The number of ether oxygens (including phenoxy) is 1. The first-order chi connectivity index (χ1) is 6.63. The molecule has 14 heavy (non-hydrogen) atoms. The molecule has 0 aliphatic heterocycles. The van der Waals surface area contributed by atoms with Crippen molar-refractivity contribution in [1.82, 2.24) is 0 Å². The van der Waals surface area contributed by atoms with E-state index in [0.29, 0.717) is 5.02 Å². The maximum Gasteiger partial charge on any atom is 0.330 e. The lowest BCUT2D eigenvalue weighted by Crippen LogP contribution is -1.93. The highest BCUT2D eigenvalue weighted by molar-refractivity contribution is 6.32. The second-order valence-electron chi connectivity index (χ2n) is 2.88. The standard InChI is InChI=1S/C11H11ClO2/c1-8-3-4-9(10(12)7-8)5-6-11(13)14-2/h3-7H,1-2H3/b6-5+. The molecule has 0 fully saturated rings. The van der Waals surface area contributed by atoms with E-state index < -0.39 is 0 Å². The van der Waals surface area contributed by atoms with Gasteiger partial charge in [0, 0.05) is 11.1 Å². The Morgan fingerprint density at radius 2 is 2.21 bits per heavy atom. The van der Waals surface area contributed by atoms with Gasteiger partial charge in [0.1, 0.15) is 0 Å². The first kappa shape index (κ1) is 10.8. The first-order valence-corrected chi connectivity index (χ1v) is 4.53. The van der Waals surface area contributed by atoms with Crippen LogP contribution in [0.25, 0.3) is 6.08 Å². The Balaban J connectivity index is 2.87. The van der Waals surface area contributed by atoms with Crippen LogP contribution >= 0.6 is 11.6 Å². The van der Waals surface area contributed by atoms with Crippen LogP contribution in [0.5, 0.6) is 0 Å². The number of carbonyl (C=O) groups excluding carboxylic acids is 1. The molecule has 0 N–H and O–H groups in total. The summed E-state index contributed by atoms with van der Waals surface area (Å²) < 4.78 is 4.47. The van der Waals surface area contributed by atoms with Crippen molar-refractivity contribution in [2.75, 3.05) is 7.11 Å². The molecule has 1 aromatic carbocycles. The molecular formula is C11H11ClO2. The van der Waals surface area contributed by atoms with Gasteiger partial charge in [0.05, 0.1) is 7.11 Å². The smallest absolute Gasteiger partial charge is 0.330 e. The van der Waals surface area contributed by atoms with Crippen molar-refractivity contribution in [3.63, 3.8) is 0 Å². The minimum Gasteiger partial charge on any atom is -0.466 e. The minimum absolute atomic E-state index is 0.387. The first-order valence-electron chi connectivity index (χ1n) is 4.15. The quantitative estimate of drug-likeness (QED) is 0.554. The zero-order chi connectivity index (χ0) is 10.6. The second-order valence-corrected chi connectivity index (χ2v) is 3.29. The molecule has 0 aliphatic carbocycles. The number of halogens is 1. The van der Waals surface area contributed by atoms with Crippen LogP contribution in [0.3, 0.4) is 0 Å². The topological polar surface area (TPSA) is 26.3 Å². The van der Waals surface area contributed by atoms with Gasteiger partial charge in [-0.05, 0) is 30.2 Å². The van der Waals surface area contributed by atoms with Crippen LogP contribution in [0.15, 0.2) is 24.3 Å². The summed E-state index contributed by atoms with van der Waals surface area (Å²) in [6.45, 7) is 1.96. The molecule has 0 atom stereocenters. The fourth-order valence-corrected chi connectivity index (χ4v) is 1.29. The van der Waals surface area contributed by atoms with Crippen LogP contribution < -0.4 is 0 Å². The summed E-state index contributed by atoms with van der Waals surface area (Å²) in [5, 5.41) is 0.630. The minimum atomic E-state index is -0.387. The molecule has 0 unspecified atom stereocenters. The summed E-state index contributed by atoms with van der Waals surface area (Å²) in [5.74, 6) is -0.387. The molecule has 0 aromatic heterocycles. The van der Waals surface area contributed by atoms with Crippen molar-refractivity contribution < 1.29 is 9.53 Å². The average molecular weight is 211 g/mol. The molecule has 74 valence electrons. The van der Waals surface area contributed by atoms with Crippen LogP contribution in [0, 0.1) is 6.92 Å². The molecule has 0 bridgehead atoms. The molecule has 3 heteroatoms. The lowest BCUT2D eigenvalue weighted by molar-refractivity contribution is -0.134. The molecule has 0 spiro atoms. The molecule has 2 nitrogen and oxygen atoms in total. The van der Waals surface area contributed by atoms with Gasteiger partial charge < -0.3 is 4.74 Å². The van der Waals surface area contributed by atoms with E-state index in [4.69, 9.17) is 11.6 Å². The highest BCUT2D eigenvalue weighted by atomic mass is 35.5. The molecule has 1 rings (SSSR count). The predicted octanol–water partition coefficient (Wildman–Crippen LogP) is 2.83. The van der Waals surface area contributed by atoms with Gasteiger partial charge in [0.2, 0.25) is 0 Å². The molecule has 1 aromatic rings. The average Bonchev–Trinajstić information content (AvgIpc) is 2.16. The third-order valence-corrected chi connectivity index (χ3v) is 2.08. The summed E-state index contributed by atoms with van der Waals surface area (Å²) in [5.41, 5.74) is 1.90. The van der Waals surface area contributed by atoms with E-state index in [0.717, 1.165) is 11.1 Å². The van der Waals surface area contributed by atoms with Crippen LogP contribution in [0.1, 0.15) is 11.1 Å². The Morgan fingerprint density at radius 3 is 2.79 bits per heavy atom. The molecule has 0 radical (unpaired) electrons. The maximum absolute atomic E-state index is 10.8. The molecule has 0 aliphatic rings. The van der Waals surface area contributed by atoms with Crippen molar-refractivity contribution in [2.24, 2.45) is 0 Å². The fraction of sp³-hybridized carbons (Fsp3) is 0.182. The van der Waals surface area contributed by atoms with E-state index in [1.54, 1.807) is 6.08 Å². The van der Waals surface area contributed by atoms with Crippen LogP contribution in [0.2, 0.25) is 5.02 Å². The number of methoxy groups -OCH3 is 1. The number of hydrogen-bond acceptors (Lipinski definition) is 2. The molecule has 0 saturated heterocycles. The Labute approximate surface area is 88.1 Å². The Morgan fingerprint density at radius 1 is 1.50 bits per heavy atom. The van der Waals surface area contributed by atoms with Gasteiger partial charge in [0.15, 0.2) is 0 Å². The van der Waals surface area contributed by atoms with E-state index in [1.807, 2.05) is 25.1 Å². The summed E-state index contributed by atoms with van der Waals surface area (Å²) in [6, 6.07) is 5.64. The summed E-state index contributed by atoms with van der Waals surface area (Å²) >= 11 is 5.95. The van der Waals surface area contributed by atoms with Crippen LogP contribution in [-0.2, 0) is 9.53 Å². The van der Waals surface area contributed by atoms with E-state index in [1.165, 1.54) is 13.2 Å². The predicted molar refractivity (Wildman–Crippen MR) is 57.2 cm³/mol. The summed E-state index contributed by atoms with van der Waals surface area (Å²) in [7, 11) is 1.34. The third kappa shape index (κ3) is 2.89. The second kappa shape index (κ2) is 4.82. The molecular weight excluding hydrogens is 200 g/mol. The largest absolute Gasteiger partial charge is 0.466 e. The van der Waals surface area contributed by atoms with Gasteiger partial charge in [-0.3, -0.25) is 0 Å². The van der Waals surface area contributed by atoms with E-state index in [2.05, 4.69) is 4.74 Å². The lowest BCUT2D eigenvalue weighted by atomic mass is 10.1. The van der Waals surface area contributed by atoms with Crippen molar-refractivity contribution >= 4 is 23.6 Å². The molecule has 0 heterocycles. The Kier molecular flexibility index (Phi) is 3.72. The number of benzene rings is 1. The number of rotatable bonds is 2. The normalized spacial score (nSPS) is 10.5. The summed E-state index contributed by atoms with van der Waals surface area (Å²) in [6.07, 6.45) is 2.98. The van der Waals surface area contributed by atoms with E-state index in [9.17, 15) is 4.79 Å². The van der Waals surface area contributed by atoms with Gasteiger partial charge in [0.25, 0.3) is 0 Å². The molecule has 0 amide bonds. The van der Waals surface area contributed by atoms with Gasteiger partial charge in [-0.2, -0.15) is 0 Å². The van der Waals surface area contributed by atoms with E-state index >= 15 is 0 Å². The van der Waals surface area contributed by atoms with Crippen LogP contribution in [-0.4, -0.2) is 13.1 Å². The number of carbonyl (C=O) groups is 1. The zero-order valence-electron chi connectivity index (χ0n) is 8.08. The Hall–Kier alpha value is -1.28. The van der Waals surface area contributed by atoms with Crippen molar-refractivity contribution in [3.05, 3.63) is 40.4 Å². The maximum atomic E-state index is 10.8. The van der Waals surface area contributed by atoms with Gasteiger partial charge >= 0.3 is 5.97 Å². The van der Waals surface area contributed by atoms with E-state index in [-0.39, 0.29) is 5.97 Å². The van der Waals surface area contributed by atoms with Crippen molar-refractivity contribution in [3.8, 4) is 0 Å². The van der Waals surface area contributed by atoms with Gasteiger partial charge in [-0.25, -0.2) is 4.79 Å². The van der Waals surface area contributed by atoms with Crippen LogP contribution in [0.4, 0.5) is 0 Å². The number of aryl methyl sites for hydroxylation is 1. The lowest BCUT2D eigenvalue weighted by Gasteiger charge is -1.99.